The first-order valence-corrected chi connectivity index (χ1v) is 10.2. The predicted octanol–water partition coefficient (Wildman–Crippen LogP) is 2.15. The topological polar surface area (TPSA) is 57.4 Å². The zero-order valence-electron chi connectivity index (χ0n) is 16.3. The van der Waals surface area contributed by atoms with E-state index in [0.717, 1.165) is 76.6 Å². The Morgan fingerprint density at radius 3 is 2.22 bits per heavy atom. The Hall–Kier alpha value is -1.76. The van der Waals surface area contributed by atoms with Crippen molar-refractivity contribution in [3.05, 3.63) is 47.5 Å². The van der Waals surface area contributed by atoms with Gasteiger partial charge in [0, 0.05) is 32.6 Å². The highest BCUT2D eigenvalue weighted by atomic mass is 16.3. The van der Waals surface area contributed by atoms with Crippen LogP contribution >= 0.6 is 0 Å². The fourth-order valence-corrected chi connectivity index (χ4v) is 4.34. The molecule has 0 radical (unpaired) electrons. The van der Waals surface area contributed by atoms with Gasteiger partial charge < -0.3 is 9.67 Å². The van der Waals surface area contributed by atoms with Crippen LogP contribution in [0, 0.1) is 0 Å². The Labute approximate surface area is 161 Å². The van der Waals surface area contributed by atoms with Crippen molar-refractivity contribution in [3.8, 4) is 0 Å². The molecule has 0 atom stereocenters. The average molecular weight is 370 g/mol. The molecule has 2 aliphatic rings. The molecule has 146 valence electrons. The highest BCUT2D eigenvalue weighted by Crippen LogP contribution is 2.28. The lowest BCUT2D eigenvalue weighted by Gasteiger charge is -2.31. The van der Waals surface area contributed by atoms with Crippen LogP contribution in [0.2, 0.25) is 0 Å². The predicted molar refractivity (Wildman–Crippen MR) is 105 cm³/mol. The van der Waals surface area contributed by atoms with Crippen LogP contribution < -0.4 is 0 Å². The zero-order valence-corrected chi connectivity index (χ0v) is 16.3. The van der Waals surface area contributed by atoms with Crippen molar-refractivity contribution < 1.29 is 5.11 Å². The molecule has 2 aromatic rings. The Morgan fingerprint density at radius 1 is 0.889 bits per heavy atom. The number of aliphatic hydroxyl groups excluding tert-OH is 1. The number of aliphatic hydroxyl groups is 1. The average Bonchev–Trinajstić information content (AvgIpc) is 3.05. The number of likely N-dealkylation sites (tertiary alicyclic amines) is 2. The molecule has 2 fully saturated rings. The van der Waals surface area contributed by atoms with Gasteiger partial charge in [0.25, 0.3) is 0 Å². The molecular formula is C21H31N5O. The summed E-state index contributed by atoms with van der Waals surface area (Å²) in [5.74, 6) is 2.70. The van der Waals surface area contributed by atoms with Crippen LogP contribution in [-0.4, -0.2) is 62.0 Å². The van der Waals surface area contributed by atoms with Gasteiger partial charge in [0.1, 0.15) is 11.6 Å². The molecule has 4 rings (SSSR count). The van der Waals surface area contributed by atoms with E-state index < -0.39 is 0 Å². The number of piperidine rings is 2. The molecule has 0 aliphatic carbocycles. The van der Waals surface area contributed by atoms with Gasteiger partial charge in [-0.25, -0.2) is 0 Å². The molecule has 6 nitrogen and oxygen atoms in total. The third kappa shape index (κ3) is 4.57. The minimum atomic E-state index is -0.127. The highest BCUT2D eigenvalue weighted by Gasteiger charge is 2.26. The normalized spacial score (nSPS) is 21.0. The second kappa shape index (κ2) is 8.50. The fourth-order valence-electron chi connectivity index (χ4n) is 4.34. The second-order valence-electron chi connectivity index (χ2n) is 8.08. The van der Waals surface area contributed by atoms with Crippen molar-refractivity contribution in [2.75, 3.05) is 26.2 Å². The Bertz CT molecular complexity index is 715. The SMILES string of the molecule is Cn1c(CN2CCC(O)CC2)nnc1C1CCN(Cc2ccccc2)CC1. The quantitative estimate of drug-likeness (QED) is 0.875. The van der Waals surface area contributed by atoms with Gasteiger partial charge >= 0.3 is 0 Å². The number of hydrogen-bond acceptors (Lipinski definition) is 5. The van der Waals surface area contributed by atoms with Crippen LogP contribution in [-0.2, 0) is 20.1 Å². The number of benzene rings is 1. The van der Waals surface area contributed by atoms with Crippen molar-refractivity contribution in [3.63, 3.8) is 0 Å². The first-order chi connectivity index (χ1) is 13.2. The first-order valence-electron chi connectivity index (χ1n) is 10.2. The molecule has 1 aromatic carbocycles. The van der Waals surface area contributed by atoms with Crippen LogP contribution in [0.15, 0.2) is 30.3 Å². The molecule has 1 aromatic heterocycles. The van der Waals surface area contributed by atoms with E-state index in [2.05, 4.69) is 61.9 Å². The molecule has 27 heavy (non-hydrogen) atoms. The van der Waals surface area contributed by atoms with Crippen LogP contribution in [0.25, 0.3) is 0 Å². The minimum absolute atomic E-state index is 0.127. The molecule has 3 heterocycles. The molecule has 0 unspecified atom stereocenters. The van der Waals surface area contributed by atoms with Gasteiger partial charge in [0.05, 0.1) is 12.6 Å². The van der Waals surface area contributed by atoms with Crippen LogP contribution in [0.3, 0.4) is 0 Å². The molecule has 0 saturated carbocycles. The summed E-state index contributed by atoms with van der Waals surface area (Å²) in [6.07, 6.45) is 3.90. The van der Waals surface area contributed by atoms with Gasteiger partial charge in [0.15, 0.2) is 0 Å². The van der Waals surface area contributed by atoms with Crippen molar-refractivity contribution in [1.82, 2.24) is 24.6 Å². The van der Waals surface area contributed by atoms with E-state index in [4.69, 9.17) is 0 Å². The third-order valence-corrected chi connectivity index (χ3v) is 6.12. The second-order valence-corrected chi connectivity index (χ2v) is 8.08. The number of aromatic nitrogens is 3. The highest BCUT2D eigenvalue weighted by molar-refractivity contribution is 5.14. The lowest BCUT2D eigenvalue weighted by atomic mass is 9.95. The smallest absolute Gasteiger partial charge is 0.146 e. The molecule has 6 heteroatoms. The number of rotatable bonds is 5. The summed E-state index contributed by atoms with van der Waals surface area (Å²) in [4.78, 5) is 4.92. The molecule has 1 N–H and O–H groups in total. The van der Waals surface area contributed by atoms with Gasteiger partial charge in [-0.1, -0.05) is 30.3 Å². The van der Waals surface area contributed by atoms with Gasteiger partial charge in [-0.2, -0.15) is 0 Å². The first kappa shape index (κ1) is 18.6. The summed E-state index contributed by atoms with van der Waals surface area (Å²) in [5, 5.41) is 18.7. The molecule has 2 saturated heterocycles. The van der Waals surface area contributed by atoms with Gasteiger partial charge in [-0.15, -0.1) is 10.2 Å². The summed E-state index contributed by atoms with van der Waals surface area (Å²) >= 11 is 0. The van der Waals surface area contributed by atoms with Crippen LogP contribution in [0.1, 0.15) is 48.8 Å². The van der Waals surface area contributed by atoms with Crippen molar-refractivity contribution in [2.24, 2.45) is 7.05 Å². The largest absolute Gasteiger partial charge is 0.393 e. The minimum Gasteiger partial charge on any atom is -0.393 e. The summed E-state index contributed by atoms with van der Waals surface area (Å²) in [5.41, 5.74) is 1.39. The monoisotopic (exact) mass is 369 g/mol. The third-order valence-electron chi connectivity index (χ3n) is 6.12. The summed E-state index contributed by atoms with van der Waals surface area (Å²) in [7, 11) is 2.11. The van der Waals surface area contributed by atoms with E-state index in [-0.39, 0.29) is 6.10 Å². The lowest BCUT2D eigenvalue weighted by Crippen LogP contribution is -2.36. The van der Waals surface area contributed by atoms with E-state index in [0.29, 0.717) is 5.92 Å². The Balaban J connectivity index is 1.31. The Kier molecular flexibility index (Phi) is 5.86. The summed E-state index contributed by atoms with van der Waals surface area (Å²) < 4.78 is 2.21. The maximum atomic E-state index is 9.67. The van der Waals surface area contributed by atoms with Crippen molar-refractivity contribution in [1.29, 1.82) is 0 Å². The molecular weight excluding hydrogens is 338 g/mol. The standard InChI is InChI=1S/C21H31N5O/c1-24-20(16-26-13-9-19(27)10-14-26)22-23-21(24)18-7-11-25(12-8-18)15-17-5-3-2-4-6-17/h2-6,18-19,27H,7-16H2,1H3. The van der Waals surface area contributed by atoms with Gasteiger partial charge in [0.2, 0.25) is 0 Å². The van der Waals surface area contributed by atoms with Gasteiger partial charge in [-0.3, -0.25) is 9.80 Å². The van der Waals surface area contributed by atoms with Gasteiger partial charge in [-0.05, 0) is 44.3 Å². The summed E-state index contributed by atoms with van der Waals surface area (Å²) in [6, 6.07) is 10.7. The zero-order chi connectivity index (χ0) is 18.6. The maximum absolute atomic E-state index is 9.67. The molecule has 0 amide bonds. The Morgan fingerprint density at radius 2 is 1.52 bits per heavy atom. The molecule has 0 spiro atoms. The van der Waals surface area contributed by atoms with Crippen LogP contribution in [0.5, 0.6) is 0 Å². The van der Waals surface area contributed by atoms with E-state index in [9.17, 15) is 5.11 Å². The van der Waals surface area contributed by atoms with Crippen molar-refractivity contribution >= 4 is 0 Å². The van der Waals surface area contributed by atoms with Crippen LogP contribution in [0.4, 0.5) is 0 Å². The number of nitrogens with zero attached hydrogens (tertiary/aromatic N) is 5. The lowest BCUT2D eigenvalue weighted by molar-refractivity contribution is 0.0775. The van der Waals surface area contributed by atoms with Crippen molar-refractivity contribution in [2.45, 2.75) is 50.8 Å². The van der Waals surface area contributed by atoms with E-state index in [1.807, 2.05) is 0 Å². The summed E-state index contributed by atoms with van der Waals surface area (Å²) in [6.45, 7) is 6.00. The van der Waals surface area contributed by atoms with E-state index >= 15 is 0 Å². The maximum Gasteiger partial charge on any atom is 0.146 e. The fraction of sp³-hybridized carbons (Fsp3) is 0.619. The molecule has 2 aliphatic heterocycles. The van der Waals surface area contributed by atoms with E-state index in [1.54, 1.807) is 0 Å². The van der Waals surface area contributed by atoms with E-state index in [1.165, 1.54) is 5.56 Å². The number of hydrogen-bond donors (Lipinski definition) is 1. The molecule has 0 bridgehead atoms.